The van der Waals surface area contributed by atoms with Crippen LogP contribution in [0.5, 0.6) is 0 Å². The van der Waals surface area contributed by atoms with Crippen molar-refractivity contribution in [2.45, 2.75) is 16.8 Å². The minimum atomic E-state index is -0.892. The van der Waals surface area contributed by atoms with Crippen molar-refractivity contribution in [1.82, 2.24) is 9.88 Å². The highest BCUT2D eigenvalue weighted by atomic mass is 35.5. The van der Waals surface area contributed by atoms with Gasteiger partial charge in [0.05, 0.1) is 5.56 Å². The Morgan fingerprint density at radius 3 is 2.39 bits per heavy atom. The van der Waals surface area contributed by atoms with Gasteiger partial charge >= 0.3 is 0 Å². The minimum Gasteiger partial charge on any atom is -0.330 e. The Morgan fingerprint density at radius 2 is 1.74 bits per heavy atom. The molecule has 0 aliphatic heterocycles. The molecule has 3 rings (SSSR count). The van der Waals surface area contributed by atoms with E-state index in [-0.39, 0.29) is 13.1 Å². The molecule has 31 heavy (non-hydrogen) atoms. The van der Waals surface area contributed by atoms with Crippen LogP contribution in [0.2, 0.25) is 5.02 Å². The third-order valence-electron chi connectivity index (χ3n) is 4.26. The molecular weight excluding hydrogens is 444 g/mol. The molecule has 0 radical (unpaired) electrons. The van der Waals surface area contributed by atoms with Crippen molar-refractivity contribution >= 4 is 40.9 Å². The lowest BCUT2D eigenvalue weighted by Crippen LogP contribution is -2.38. The highest BCUT2D eigenvalue weighted by Crippen LogP contribution is 2.30. The Kier molecular flexibility index (Phi) is 7.59. The maximum absolute atomic E-state index is 13.8. The van der Waals surface area contributed by atoms with Crippen LogP contribution in [-0.4, -0.2) is 34.8 Å². The molecule has 0 spiro atoms. The molecule has 2 amide bonds. The molecule has 9 heteroatoms. The van der Waals surface area contributed by atoms with E-state index in [9.17, 15) is 18.4 Å². The summed E-state index contributed by atoms with van der Waals surface area (Å²) in [6, 6.07) is 13.6. The number of amides is 2. The van der Waals surface area contributed by atoms with Crippen LogP contribution in [0.15, 0.2) is 70.7 Å². The van der Waals surface area contributed by atoms with E-state index >= 15 is 0 Å². The van der Waals surface area contributed by atoms with Crippen LogP contribution in [0.25, 0.3) is 0 Å². The zero-order chi connectivity index (χ0) is 22.4. The van der Waals surface area contributed by atoms with Crippen molar-refractivity contribution in [3.05, 3.63) is 83.0 Å². The van der Waals surface area contributed by atoms with Gasteiger partial charge in [-0.3, -0.25) is 9.59 Å². The van der Waals surface area contributed by atoms with Crippen molar-refractivity contribution in [2.75, 3.05) is 18.4 Å². The first kappa shape index (κ1) is 22.7. The number of para-hydroxylation sites is 1. The van der Waals surface area contributed by atoms with E-state index in [4.69, 9.17) is 11.6 Å². The third-order valence-corrected chi connectivity index (χ3v) is 5.54. The summed E-state index contributed by atoms with van der Waals surface area (Å²) in [6.07, 6.45) is 1.57. The molecule has 160 valence electrons. The molecule has 5 nitrogen and oxygen atoms in total. The highest BCUT2D eigenvalue weighted by Gasteiger charge is 2.22. The summed E-state index contributed by atoms with van der Waals surface area (Å²) in [7, 11) is 0. The quantitative estimate of drug-likeness (QED) is 0.521. The number of likely N-dealkylation sites (N-methyl/N-ethyl adjacent to an activating group) is 1. The van der Waals surface area contributed by atoms with Crippen molar-refractivity contribution in [2.24, 2.45) is 0 Å². The fourth-order valence-corrected chi connectivity index (χ4v) is 3.72. The molecule has 0 atom stereocenters. The second-order valence-corrected chi connectivity index (χ2v) is 7.87. The summed E-state index contributed by atoms with van der Waals surface area (Å²) < 4.78 is 27.6. The summed E-state index contributed by atoms with van der Waals surface area (Å²) in [4.78, 5) is 31.8. The molecule has 0 saturated heterocycles. The smallest absolute Gasteiger partial charge is 0.257 e. The topological polar surface area (TPSA) is 62.3 Å². The average molecular weight is 462 g/mol. The van der Waals surface area contributed by atoms with Gasteiger partial charge in [-0.25, -0.2) is 13.8 Å². The molecule has 0 fully saturated rings. The number of hydrogen-bond donors (Lipinski definition) is 1. The van der Waals surface area contributed by atoms with E-state index < -0.39 is 29.1 Å². The molecule has 2 aromatic carbocycles. The maximum Gasteiger partial charge on any atom is 0.257 e. The first-order valence-electron chi connectivity index (χ1n) is 9.30. The number of nitrogens with one attached hydrogen (secondary N) is 1. The molecule has 1 heterocycles. The number of nitrogens with zero attached hydrogens (tertiary/aromatic N) is 2. The van der Waals surface area contributed by atoms with E-state index in [1.807, 2.05) is 12.1 Å². The molecule has 1 aromatic heterocycles. The van der Waals surface area contributed by atoms with Crippen molar-refractivity contribution in [3.63, 3.8) is 0 Å². The Labute approximate surface area is 187 Å². The van der Waals surface area contributed by atoms with Gasteiger partial charge < -0.3 is 10.2 Å². The predicted molar refractivity (Wildman–Crippen MR) is 116 cm³/mol. The Bertz CT molecular complexity index is 1080. The Hall–Kier alpha value is -2.97. The summed E-state index contributed by atoms with van der Waals surface area (Å²) in [5.74, 6) is -2.92. The molecule has 1 N–H and O–H groups in total. The number of rotatable bonds is 7. The molecule has 3 aromatic rings. The van der Waals surface area contributed by atoms with Crippen LogP contribution in [0, 0.1) is 11.6 Å². The fraction of sp³-hybridized carbons (Fsp3) is 0.136. The number of aromatic nitrogens is 1. The summed E-state index contributed by atoms with van der Waals surface area (Å²) in [5.41, 5.74) is -0.231. The number of benzene rings is 2. The fourth-order valence-electron chi connectivity index (χ4n) is 2.72. The second-order valence-electron chi connectivity index (χ2n) is 6.38. The van der Waals surface area contributed by atoms with Crippen LogP contribution in [-0.2, 0) is 4.79 Å². The number of carbonyl (C=O) groups excluding carboxylic acids is 2. The number of hydrogen-bond acceptors (Lipinski definition) is 4. The molecule has 0 aliphatic carbocycles. The molecule has 0 unspecified atom stereocenters. The molecule has 0 bridgehead atoms. The third kappa shape index (κ3) is 5.80. The van der Waals surface area contributed by atoms with Crippen LogP contribution >= 0.6 is 23.4 Å². The Balaban J connectivity index is 1.76. The van der Waals surface area contributed by atoms with Gasteiger partial charge in [0.1, 0.15) is 28.9 Å². The van der Waals surface area contributed by atoms with Crippen molar-refractivity contribution in [1.29, 1.82) is 0 Å². The first-order valence-corrected chi connectivity index (χ1v) is 10.5. The number of pyridine rings is 1. The maximum atomic E-state index is 13.8. The van der Waals surface area contributed by atoms with Crippen LogP contribution in [0.1, 0.15) is 17.3 Å². The van der Waals surface area contributed by atoms with Crippen LogP contribution in [0.4, 0.5) is 14.5 Å². The van der Waals surface area contributed by atoms with Gasteiger partial charge in [0.2, 0.25) is 5.91 Å². The Morgan fingerprint density at radius 1 is 1.06 bits per heavy atom. The lowest BCUT2D eigenvalue weighted by molar-refractivity contribution is -0.116. The van der Waals surface area contributed by atoms with Gasteiger partial charge in [0.15, 0.2) is 0 Å². The van der Waals surface area contributed by atoms with Gasteiger partial charge in [-0.05, 0) is 55.5 Å². The van der Waals surface area contributed by atoms with E-state index in [0.717, 1.165) is 17.0 Å². The van der Waals surface area contributed by atoms with E-state index in [1.165, 1.54) is 22.7 Å². The molecule has 0 aliphatic rings. The van der Waals surface area contributed by atoms with Gasteiger partial charge in [0, 0.05) is 22.7 Å². The normalized spacial score (nSPS) is 10.6. The first-order chi connectivity index (χ1) is 14.9. The largest absolute Gasteiger partial charge is 0.330 e. The minimum absolute atomic E-state index is 0.214. The van der Waals surface area contributed by atoms with Crippen LogP contribution in [0.3, 0.4) is 0 Å². The summed E-state index contributed by atoms with van der Waals surface area (Å²) in [5, 5.41) is 3.25. The zero-order valence-electron chi connectivity index (χ0n) is 16.4. The summed E-state index contributed by atoms with van der Waals surface area (Å²) >= 11 is 7.20. The lowest BCUT2D eigenvalue weighted by atomic mass is 10.2. The SMILES string of the molecule is CCN(CC(=O)Nc1c(F)cccc1F)C(=O)c1cccnc1Sc1ccc(Cl)cc1. The predicted octanol–water partition coefficient (Wildman–Crippen LogP) is 5.27. The lowest BCUT2D eigenvalue weighted by Gasteiger charge is -2.21. The zero-order valence-corrected chi connectivity index (χ0v) is 18.0. The van der Waals surface area contributed by atoms with E-state index in [2.05, 4.69) is 10.3 Å². The number of halogens is 3. The highest BCUT2D eigenvalue weighted by molar-refractivity contribution is 7.99. The van der Waals surface area contributed by atoms with E-state index in [1.54, 1.807) is 37.4 Å². The number of anilines is 1. The standard InChI is InChI=1S/C22H18ClF2N3O2S/c1-2-28(13-19(29)27-20-17(24)6-3-7-18(20)25)22(30)16-5-4-12-26-21(16)31-15-10-8-14(23)9-11-15/h3-12H,2,13H2,1H3,(H,27,29). The van der Waals surface area contributed by atoms with Crippen molar-refractivity contribution < 1.29 is 18.4 Å². The molecule has 0 saturated carbocycles. The van der Waals surface area contributed by atoms with Crippen molar-refractivity contribution in [3.8, 4) is 0 Å². The van der Waals surface area contributed by atoms with Crippen LogP contribution < -0.4 is 5.32 Å². The van der Waals surface area contributed by atoms with Gasteiger partial charge in [-0.1, -0.05) is 29.4 Å². The van der Waals surface area contributed by atoms with Gasteiger partial charge in [0.25, 0.3) is 5.91 Å². The second kappa shape index (κ2) is 10.4. The van der Waals surface area contributed by atoms with Gasteiger partial charge in [-0.15, -0.1) is 0 Å². The molecular formula is C22H18ClF2N3O2S. The average Bonchev–Trinajstić information content (AvgIpc) is 2.76. The number of carbonyl (C=O) groups is 2. The monoisotopic (exact) mass is 461 g/mol. The van der Waals surface area contributed by atoms with Gasteiger partial charge in [-0.2, -0.15) is 0 Å². The van der Waals surface area contributed by atoms with E-state index in [0.29, 0.717) is 15.6 Å². The summed E-state index contributed by atoms with van der Waals surface area (Å²) in [6.45, 7) is 1.55.